The van der Waals surface area contributed by atoms with E-state index in [2.05, 4.69) is 53.5 Å². The molecule has 2 aliphatic carbocycles. The minimum Gasteiger partial charge on any atom is -0.547 e. The van der Waals surface area contributed by atoms with E-state index in [4.69, 9.17) is 18.3 Å². The molecule has 0 unspecified atom stereocenters. The Labute approximate surface area is 188 Å². The number of allylic oxidation sites excluding steroid dienone is 2. The number of ether oxygens (including phenoxy) is 2. The second-order valence-electron chi connectivity index (χ2n) is 12.7. The fourth-order valence-electron chi connectivity index (χ4n) is 5.70. The lowest BCUT2D eigenvalue weighted by Gasteiger charge is -2.70. The van der Waals surface area contributed by atoms with E-state index in [1.54, 1.807) is 0 Å². The quantitative estimate of drug-likeness (QED) is 0.439. The molecular weight excluding hydrogens is 428 g/mol. The van der Waals surface area contributed by atoms with Gasteiger partial charge in [-0.15, -0.1) is 0 Å². The molecule has 6 atom stereocenters. The Morgan fingerprint density at radius 2 is 1.71 bits per heavy atom. The van der Waals surface area contributed by atoms with Crippen LogP contribution in [-0.4, -0.2) is 45.4 Å². The molecule has 5 rings (SSSR count). The molecule has 5 aliphatic rings. The van der Waals surface area contributed by atoms with Gasteiger partial charge in [0.25, 0.3) is 0 Å². The normalized spacial score (nSPS) is 42.3. The average molecular weight is 467 g/mol. The van der Waals surface area contributed by atoms with E-state index in [0.717, 1.165) is 5.76 Å². The van der Waals surface area contributed by atoms with Gasteiger partial charge in [-0.2, -0.15) is 0 Å². The Balaban J connectivity index is 1.80. The van der Waals surface area contributed by atoms with E-state index in [9.17, 15) is 9.59 Å². The Kier molecular flexibility index (Phi) is 4.74. The SMILES string of the molecule is CC(C)(C)[Si](C)(C)OC1=C[C@@H]2C(=O)C[C@@]3(O[Si](C)(C)C)O[C@]4(C)C(=O)O[C@@]3(C)[C@H]2[C@H]4C1. The van der Waals surface area contributed by atoms with Crippen molar-refractivity contribution < 1.29 is 27.9 Å². The molecule has 0 aromatic rings. The number of hydrogen-bond donors (Lipinski definition) is 0. The lowest BCUT2D eigenvalue weighted by molar-refractivity contribution is -0.421. The monoisotopic (exact) mass is 466 g/mol. The van der Waals surface area contributed by atoms with Crippen molar-refractivity contribution in [2.24, 2.45) is 17.8 Å². The first-order valence-corrected chi connectivity index (χ1v) is 17.7. The molecule has 6 nitrogen and oxygen atoms in total. The van der Waals surface area contributed by atoms with Crippen LogP contribution in [0.2, 0.25) is 37.8 Å². The highest BCUT2D eigenvalue weighted by molar-refractivity contribution is 6.74. The first-order chi connectivity index (χ1) is 13.9. The van der Waals surface area contributed by atoms with Crippen LogP contribution in [0.25, 0.3) is 0 Å². The van der Waals surface area contributed by atoms with Gasteiger partial charge in [-0.25, -0.2) is 4.79 Å². The highest BCUT2D eigenvalue weighted by Gasteiger charge is 2.80. The lowest BCUT2D eigenvalue weighted by atomic mass is 9.51. The van der Waals surface area contributed by atoms with E-state index in [-0.39, 0.29) is 41.0 Å². The van der Waals surface area contributed by atoms with Gasteiger partial charge in [0.2, 0.25) is 14.1 Å². The molecular formula is C23H38O6Si2. The number of esters is 1. The molecule has 1 saturated carbocycles. The summed E-state index contributed by atoms with van der Waals surface area (Å²) in [4.78, 5) is 26.6. The topological polar surface area (TPSA) is 71.1 Å². The molecule has 4 bridgehead atoms. The third-order valence-electron chi connectivity index (χ3n) is 8.24. The first kappa shape index (κ1) is 23.2. The summed E-state index contributed by atoms with van der Waals surface area (Å²) >= 11 is 0. The highest BCUT2D eigenvalue weighted by atomic mass is 28.4. The van der Waals surface area contributed by atoms with E-state index >= 15 is 0 Å². The molecule has 31 heavy (non-hydrogen) atoms. The average Bonchev–Trinajstić information content (AvgIpc) is 2.54. The molecule has 0 aromatic carbocycles. The van der Waals surface area contributed by atoms with E-state index in [1.165, 1.54) is 0 Å². The summed E-state index contributed by atoms with van der Waals surface area (Å²) in [5.41, 5.74) is -2.15. The second kappa shape index (κ2) is 6.33. The Bertz CT molecular complexity index is 868. The fraction of sp³-hybridized carbons (Fsp3) is 0.826. The van der Waals surface area contributed by atoms with Crippen molar-refractivity contribution in [2.45, 2.75) is 102 Å². The van der Waals surface area contributed by atoms with E-state index in [0.29, 0.717) is 6.42 Å². The van der Waals surface area contributed by atoms with Crippen LogP contribution in [0, 0.1) is 17.8 Å². The minimum atomic E-state index is -2.11. The van der Waals surface area contributed by atoms with Gasteiger partial charge in [0, 0.05) is 24.2 Å². The molecule has 4 fully saturated rings. The van der Waals surface area contributed by atoms with Gasteiger partial charge < -0.3 is 18.3 Å². The lowest BCUT2D eigenvalue weighted by Crippen LogP contribution is -2.84. The summed E-state index contributed by atoms with van der Waals surface area (Å²) in [5, 5.41) is 0.0402. The molecule has 0 spiro atoms. The zero-order valence-electron chi connectivity index (χ0n) is 20.7. The van der Waals surface area contributed by atoms with E-state index < -0.39 is 33.6 Å². The molecule has 0 radical (unpaired) electrons. The molecule has 174 valence electrons. The van der Waals surface area contributed by atoms with Gasteiger partial charge in [0.1, 0.15) is 5.78 Å². The Morgan fingerprint density at radius 1 is 1.10 bits per heavy atom. The first-order valence-electron chi connectivity index (χ1n) is 11.4. The van der Waals surface area contributed by atoms with Crippen LogP contribution in [0.4, 0.5) is 0 Å². The number of carbonyl (C=O) groups is 2. The molecule has 0 amide bonds. The largest absolute Gasteiger partial charge is 0.547 e. The van der Waals surface area contributed by atoms with Gasteiger partial charge in [-0.3, -0.25) is 4.79 Å². The summed E-state index contributed by atoms with van der Waals surface area (Å²) < 4.78 is 25.8. The van der Waals surface area contributed by atoms with Crippen molar-refractivity contribution in [1.29, 1.82) is 0 Å². The van der Waals surface area contributed by atoms with Crippen LogP contribution in [0.3, 0.4) is 0 Å². The van der Waals surface area contributed by atoms with Crippen molar-refractivity contribution in [2.75, 3.05) is 0 Å². The summed E-state index contributed by atoms with van der Waals surface area (Å²) in [6.07, 6.45) is 2.69. The van der Waals surface area contributed by atoms with Gasteiger partial charge >= 0.3 is 5.97 Å². The van der Waals surface area contributed by atoms with Crippen molar-refractivity contribution in [3.8, 4) is 0 Å². The van der Waals surface area contributed by atoms with Crippen molar-refractivity contribution in [3.63, 3.8) is 0 Å². The minimum absolute atomic E-state index is 0.0402. The van der Waals surface area contributed by atoms with Gasteiger partial charge in [0.05, 0.1) is 12.2 Å². The maximum absolute atomic E-state index is 13.4. The van der Waals surface area contributed by atoms with Gasteiger partial charge in [0.15, 0.2) is 19.5 Å². The van der Waals surface area contributed by atoms with E-state index in [1.807, 2.05) is 19.9 Å². The van der Waals surface area contributed by atoms with Crippen LogP contribution >= 0.6 is 0 Å². The number of fused-ring (bicyclic) bond motifs is 1. The predicted molar refractivity (Wildman–Crippen MR) is 122 cm³/mol. The smallest absolute Gasteiger partial charge is 0.339 e. The standard InChI is InChI=1S/C23H38O6Si2/c1-20(2,3)31(9,10)27-14-11-15-17(24)13-23(29-30(6,7)8)22(5)18(15)16(12-14)21(4,28-23)19(25)26-22/h11,15-16,18H,12-13H2,1-10H3/t15-,16-,18-,21+,22+,23+/m1/s1. The van der Waals surface area contributed by atoms with Crippen molar-refractivity contribution in [1.82, 2.24) is 0 Å². The highest BCUT2D eigenvalue weighted by Crippen LogP contribution is 2.66. The van der Waals surface area contributed by atoms with Crippen LogP contribution < -0.4 is 0 Å². The second-order valence-corrected chi connectivity index (χ2v) is 21.8. The Morgan fingerprint density at radius 3 is 2.26 bits per heavy atom. The number of Topliss-reactive ketones (excluding diaryl/α,β-unsaturated/α-hetero) is 1. The Hall–Kier alpha value is -0.966. The maximum Gasteiger partial charge on any atom is 0.339 e. The van der Waals surface area contributed by atoms with Crippen molar-refractivity contribution >= 4 is 28.4 Å². The molecule has 0 N–H and O–H groups in total. The summed E-state index contributed by atoms with van der Waals surface area (Å²) in [6, 6.07) is 0. The molecule has 3 heterocycles. The van der Waals surface area contributed by atoms with Crippen LogP contribution in [-0.2, 0) is 27.9 Å². The summed E-state index contributed by atoms with van der Waals surface area (Å²) in [5.74, 6) is -1.35. The van der Waals surface area contributed by atoms with Crippen LogP contribution in [0.15, 0.2) is 11.8 Å². The zero-order chi connectivity index (χ0) is 23.4. The van der Waals surface area contributed by atoms with Gasteiger partial charge in [-0.05, 0) is 57.7 Å². The summed E-state index contributed by atoms with van der Waals surface area (Å²) in [6.45, 7) is 20.9. The number of ketones is 1. The van der Waals surface area contributed by atoms with Gasteiger partial charge in [-0.1, -0.05) is 20.8 Å². The summed E-state index contributed by atoms with van der Waals surface area (Å²) in [7, 11) is -4.19. The van der Waals surface area contributed by atoms with Crippen molar-refractivity contribution in [3.05, 3.63) is 11.8 Å². The third kappa shape index (κ3) is 3.15. The number of rotatable bonds is 4. The van der Waals surface area contributed by atoms with Crippen LogP contribution in [0.1, 0.15) is 47.5 Å². The van der Waals surface area contributed by atoms with Crippen LogP contribution in [0.5, 0.6) is 0 Å². The molecule has 0 aromatic heterocycles. The zero-order valence-corrected chi connectivity index (χ0v) is 22.7. The third-order valence-corrected chi connectivity index (χ3v) is 13.6. The predicted octanol–water partition coefficient (Wildman–Crippen LogP) is 4.77. The molecule has 3 aliphatic heterocycles. The number of hydrogen-bond acceptors (Lipinski definition) is 6. The maximum atomic E-state index is 13.4. The number of carbonyl (C=O) groups excluding carboxylic acids is 2. The molecule has 3 saturated heterocycles. The fourth-order valence-corrected chi connectivity index (χ4v) is 8.12. The molecule has 8 heteroatoms.